The lowest BCUT2D eigenvalue weighted by molar-refractivity contribution is -0.115. The maximum atomic E-state index is 12.0. The number of amides is 1. The molecule has 1 aromatic carbocycles. The number of rotatable bonds is 9. The highest BCUT2D eigenvalue weighted by Crippen LogP contribution is 2.19. The summed E-state index contributed by atoms with van der Waals surface area (Å²) >= 11 is 3.29. The van der Waals surface area contributed by atoms with E-state index in [4.69, 9.17) is 9.84 Å². The van der Waals surface area contributed by atoms with Gasteiger partial charge in [-0.05, 0) is 45.0 Å². The Balaban J connectivity index is 0. The number of aldehydes is 1. The fraction of sp³-hybridized carbons (Fsp3) is 0.348. The van der Waals surface area contributed by atoms with Crippen LogP contribution in [-0.4, -0.2) is 37.2 Å². The fourth-order valence-electron chi connectivity index (χ4n) is 1.83. The van der Waals surface area contributed by atoms with Crippen molar-refractivity contribution in [3.8, 4) is 0 Å². The van der Waals surface area contributed by atoms with Crippen LogP contribution in [0.25, 0.3) is 0 Å². The number of nitrogens with one attached hydrogen (secondary N) is 1. The average molecular weight is 481 g/mol. The SMILES string of the molecule is C/C=C\N=CC(C)CO/C(C)=C/CC(=O)Nc1ccc(Br)cc1C=O.C=CC.CO. The molecule has 0 saturated heterocycles. The number of ether oxygens (including phenoxy) is 1. The van der Waals surface area contributed by atoms with Gasteiger partial charge >= 0.3 is 0 Å². The lowest BCUT2D eigenvalue weighted by atomic mass is 10.2. The molecule has 0 fully saturated rings. The molecular formula is C23H33BrN2O4. The van der Waals surface area contributed by atoms with Crippen molar-refractivity contribution >= 4 is 40.0 Å². The number of carbonyl (C=O) groups excluding carboxylic acids is 2. The zero-order valence-electron chi connectivity index (χ0n) is 18.4. The molecule has 0 aromatic heterocycles. The van der Waals surface area contributed by atoms with Gasteiger partial charge in [0.1, 0.15) is 0 Å². The van der Waals surface area contributed by atoms with Crippen LogP contribution in [0.4, 0.5) is 5.69 Å². The quantitative estimate of drug-likeness (QED) is 0.210. The number of aliphatic imine (C=N–C) groups is 1. The highest BCUT2D eigenvalue weighted by atomic mass is 79.9. The molecule has 1 aromatic rings. The van der Waals surface area contributed by atoms with E-state index in [9.17, 15) is 9.59 Å². The summed E-state index contributed by atoms with van der Waals surface area (Å²) in [6.07, 6.45) is 9.73. The third-order valence-corrected chi connectivity index (χ3v) is 3.63. The Morgan fingerprint density at radius 3 is 2.57 bits per heavy atom. The zero-order chi connectivity index (χ0) is 23.4. The van der Waals surface area contributed by atoms with Gasteiger partial charge in [0.15, 0.2) is 6.29 Å². The summed E-state index contributed by atoms with van der Waals surface area (Å²) in [6, 6.07) is 5.11. The molecule has 6 nitrogen and oxygen atoms in total. The summed E-state index contributed by atoms with van der Waals surface area (Å²) in [5, 5.41) is 9.72. The number of halogens is 1. The highest BCUT2D eigenvalue weighted by Gasteiger charge is 2.07. The molecule has 0 spiro atoms. The molecule has 0 heterocycles. The Labute approximate surface area is 188 Å². The van der Waals surface area contributed by atoms with Crippen LogP contribution in [0.5, 0.6) is 0 Å². The second kappa shape index (κ2) is 19.8. The second-order valence-corrected chi connectivity index (χ2v) is 6.81. The maximum absolute atomic E-state index is 12.0. The van der Waals surface area contributed by atoms with E-state index in [1.165, 1.54) is 0 Å². The lowest BCUT2D eigenvalue weighted by Crippen LogP contribution is -2.12. The summed E-state index contributed by atoms with van der Waals surface area (Å²) in [4.78, 5) is 27.2. The van der Waals surface area contributed by atoms with E-state index >= 15 is 0 Å². The van der Waals surface area contributed by atoms with E-state index in [0.29, 0.717) is 29.9 Å². The molecule has 1 rings (SSSR count). The normalized spacial score (nSPS) is 11.6. The van der Waals surface area contributed by atoms with Gasteiger partial charge in [0.2, 0.25) is 5.91 Å². The predicted molar refractivity (Wildman–Crippen MR) is 129 cm³/mol. The predicted octanol–water partition coefficient (Wildman–Crippen LogP) is 5.55. The Hall–Kier alpha value is -2.51. The molecule has 1 amide bonds. The molecule has 0 bridgehead atoms. The average Bonchev–Trinajstić information content (AvgIpc) is 2.74. The highest BCUT2D eigenvalue weighted by molar-refractivity contribution is 9.10. The van der Waals surface area contributed by atoms with Crippen LogP contribution < -0.4 is 5.32 Å². The first kappa shape index (κ1) is 29.7. The zero-order valence-corrected chi connectivity index (χ0v) is 20.0. The first-order valence-electron chi connectivity index (χ1n) is 9.38. The van der Waals surface area contributed by atoms with Crippen molar-refractivity contribution in [3.05, 3.63) is 65.0 Å². The van der Waals surface area contributed by atoms with E-state index in [-0.39, 0.29) is 18.2 Å². The molecule has 2 N–H and O–H groups in total. The van der Waals surface area contributed by atoms with Gasteiger partial charge < -0.3 is 15.2 Å². The third-order valence-electron chi connectivity index (χ3n) is 3.14. The van der Waals surface area contributed by atoms with Crippen molar-refractivity contribution < 1.29 is 19.4 Å². The van der Waals surface area contributed by atoms with Crippen LogP contribution in [0, 0.1) is 5.92 Å². The summed E-state index contributed by atoms with van der Waals surface area (Å²) < 4.78 is 6.38. The maximum Gasteiger partial charge on any atom is 0.228 e. The number of carbonyl (C=O) groups is 2. The van der Waals surface area contributed by atoms with Crippen LogP contribution in [0.2, 0.25) is 0 Å². The molecule has 0 saturated carbocycles. The first-order chi connectivity index (χ1) is 14.4. The van der Waals surface area contributed by atoms with Crippen LogP contribution in [0.3, 0.4) is 0 Å². The standard InChI is InChI=1S/C19H23BrN2O3.C3H6.CH4O/c1-4-9-21-11-14(2)13-25-15(3)5-8-19(24)22-18-7-6-17(20)10-16(18)12-23;1-3-2;1-2/h4-7,9-12,14H,8,13H2,1-3H3,(H,22,24);3H,1H2,2H3;2H,1H3/b9-4-,15-5+,21-11?;;. The van der Waals surface area contributed by atoms with Gasteiger partial charge in [-0.25, -0.2) is 0 Å². The van der Waals surface area contributed by atoms with Crippen molar-refractivity contribution in [3.63, 3.8) is 0 Å². The molecule has 1 unspecified atom stereocenters. The lowest BCUT2D eigenvalue weighted by Gasteiger charge is -2.10. The van der Waals surface area contributed by atoms with E-state index in [1.807, 2.05) is 33.1 Å². The number of allylic oxidation sites excluding steroid dienone is 3. The molecule has 0 radical (unpaired) electrons. The number of benzene rings is 1. The summed E-state index contributed by atoms with van der Waals surface area (Å²) in [5.41, 5.74) is 0.915. The van der Waals surface area contributed by atoms with E-state index < -0.39 is 0 Å². The minimum absolute atomic E-state index is 0.168. The van der Waals surface area contributed by atoms with Gasteiger partial charge in [-0.15, -0.1) is 6.58 Å². The van der Waals surface area contributed by atoms with Crippen molar-refractivity contribution in [1.29, 1.82) is 0 Å². The Morgan fingerprint density at radius 1 is 1.37 bits per heavy atom. The molecule has 0 aliphatic heterocycles. The second-order valence-electron chi connectivity index (χ2n) is 5.89. The number of hydrogen-bond donors (Lipinski definition) is 2. The molecule has 1 atom stereocenters. The fourth-order valence-corrected chi connectivity index (χ4v) is 2.21. The van der Waals surface area contributed by atoms with Crippen molar-refractivity contribution in [1.82, 2.24) is 0 Å². The molecule has 7 heteroatoms. The van der Waals surface area contributed by atoms with Gasteiger partial charge in [-0.1, -0.05) is 35.0 Å². The Morgan fingerprint density at radius 2 is 2.00 bits per heavy atom. The van der Waals surface area contributed by atoms with Gasteiger partial charge in [-0.2, -0.15) is 0 Å². The minimum Gasteiger partial charge on any atom is -0.498 e. The van der Waals surface area contributed by atoms with Gasteiger partial charge in [0, 0.05) is 41.9 Å². The van der Waals surface area contributed by atoms with Gasteiger partial charge in [0.25, 0.3) is 0 Å². The largest absolute Gasteiger partial charge is 0.498 e. The van der Waals surface area contributed by atoms with Crippen LogP contribution in [0.1, 0.15) is 44.5 Å². The number of hydrogen-bond acceptors (Lipinski definition) is 5. The van der Waals surface area contributed by atoms with Crippen molar-refractivity contribution in [2.24, 2.45) is 10.9 Å². The molecule has 30 heavy (non-hydrogen) atoms. The summed E-state index contributed by atoms with van der Waals surface area (Å²) in [6.45, 7) is 11.5. The first-order valence-corrected chi connectivity index (χ1v) is 10.2. The number of aliphatic hydroxyl groups is 1. The topological polar surface area (TPSA) is 88.0 Å². The number of aliphatic hydroxyl groups excluding tert-OH is 1. The van der Waals surface area contributed by atoms with Gasteiger partial charge in [-0.3, -0.25) is 14.6 Å². The number of nitrogens with zero attached hydrogens (tertiary/aromatic N) is 1. The smallest absolute Gasteiger partial charge is 0.228 e. The molecule has 0 aliphatic carbocycles. The van der Waals surface area contributed by atoms with Crippen molar-refractivity contribution in [2.45, 2.75) is 34.1 Å². The van der Waals surface area contributed by atoms with Crippen LogP contribution >= 0.6 is 15.9 Å². The van der Waals surface area contributed by atoms with E-state index in [0.717, 1.165) is 11.6 Å². The molecule has 0 aliphatic rings. The molecule has 166 valence electrons. The Kier molecular flexibility index (Phi) is 19.6. The Bertz CT molecular complexity index is 728. The van der Waals surface area contributed by atoms with Crippen LogP contribution in [0.15, 0.2) is 64.4 Å². The van der Waals surface area contributed by atoms with Crippen LogP contribution in [-0.2, 0) is 9.53 Å². The molecular weight excluding hydrogens is 448 g/mol. The monoisotopic (exact) mass is 480 g/mol. The van der Waals surface area contributed by atoms with E-state index in [2.05, 4.69) is 32.8 Å². The third kappa shape index (κ3) is 15.4. The minimum atomic E-state index is -0.212. The summed E-state index contributed by atoms with van der Waals surface area (Å²) in [5.74, 6) is 0.634. The van der Waals surface area contributed by atoms with Gasteiger partial charge in [0.05, 0.1) is 18.1 Å². The summed E-state index contributed by atoms with van der Waals surface area (Å²) in [7, 11) is 1.00. The van der Waals surface area contributed by atoms with Crippen molar-refractivity contribution in [2.75, 3.05) is 19.0 Å². The number of anilines is 1. The van der Waals surface area contributed by atoms with E-state index in [1.54, 1.807) is 43.5 Å².